The molecule has 5 N–H and O–H groups in total. The molecule has 1 aliphatic rings. The fourth-order valence-corrected chi connectivity index (χ4v) is 5.29. The fraction of sp³-hybridized carbons (Fsp3) is 0.429. The molecule has 11 heteroatoms. The quantitative estimate of drug-likeness (QED) is 0.525. The minimum Gasteiger partial charge on any atom is -0.444 e. The molecule has 4 heterocycles. The molecule has 1 saturated heterocycles. The van der Waals surface area contributed by atoms with Gasteiger partial charge in [0.1, 0.15) is 15.3 Å². The second-order valence-corrected chi connectivity index (χ2v) is 10.6. The van der Waals surface area contributed by atoms with Gasteiger partial charge in [-0.15, -0.1) is 22.7 Å². The molecular weight excluding hydrogens is 448 g/mol. The standard InChI is InChI=1S/C21H26N6O3S2/c1-21(2,3)30-20(29)24-11-6-8-27(9-7-11)19-25-15(12-5-4-10-31-12)13-14(22)16(17(23)28)32-18(13)26-19/h4-5,10-11H,6-9,22H2,1-3H3,(H2,23,28)(H,24,29). The summed E-state index contributed by atoms with van der Waals surface area (Å²) in [4.78, 5) is 37.4. The molecule has 0 aliphatic carbocycles. The first kappa shape index (κ1) is 22.3. The van der Waals surface area contributed by atoms with Crippen LogP contribution >= 0.6 is 22.7 Å². The predicted molar refractivity (Wildman–Crippen MR) is 128 cm³/mol. The summed E-state index contributed by atoms with van der Waals surface area (Å²) < 4.78 is 5.35. The number of nitrogens with one attached hydrogen (secondary N) is 1. The number of primary amides is 1. The number of hydrogen-bond acceptors (Lipinski definition) is 9. The highest BCUT2D eigenvalue weighted by Gasteiger charge is 2.27. The molecule has 9 nitrogen and oxygen atoms in total. The Labute approximate surface area is 193 Å². The Balaban J connectivity index is 1.58. The summed E-state index contributed by atoms with van der Waals surface area (Å²) in [6.45, 7) is 6.89. The van der Waals surface area contributed by atoms with Crippen LogP contribution in [0.5, 0.6) is 0 Å². The Morgan fingerprint density at radius 3 is 2.56 bits per heavy atom. The normalized spacial score (nSPS) is 15.2. The van der Waals surface area contributed by atoms with Crippen molar-refractivity contribution in [2.45, 2.75) is 45.3 Å². The number of nitrogen functional groups attached to an aromatic ring is 1. The Morgan fingerprint density at radius 1 is 1.25 bits per heavy atom. The third-order valence-electron chi connectivity index (χ3n) is 5.05. The maximum Gasteiger partial charge on any atom is 0.407 e. The zero-order valence-electron chi connectivity index (χ0n) is 18.2. The summed E-state index contributed by atoms with van der Waals surface area (Å²) in [7, 11) is 0. The molecule has 0 aromatic carbocycles. The molecule has 1 aliphatic heterocycles. The van der Waals surface area contributed by atoms with Gasteiger partial charge in [0.05, 0.1) is 21.6 Å². The maximum atomic E-state index is 12.1. The molecule has 4 rings (SSSR count). The lowest BCUT2D eigenvalue weighted by Crippen LogP contribution is -2.46. The molecule has 0 bridgehead atoms. The summed E-state index contributed by atoms with van der Waals surface area (Å²) >= 11 is 2.74. The van der Waals surface area contributed by atoms with Crippen LogP contribution in [0.15, 0.2) is 17.5 Å². The Hall–Kier alpha value is -2.92. The lowest BCUT2D eigenvalue weighted by molar-refractivity contribution is 0.0497. The van der Waals surface area contributed by atoms with Gasteiger partial charge in [-0.1, -0.05) is 6.07 Å². The van der Waals surface area contributed by atoms with Gasteiger partial charge in [-0.3, -0.25) is 4.79 Å². The largest absolute Gasteiger partial charge is 0.444 e. The second kappa shape index (κ2) is 8.55. The molecule has 0 spiro atoms. The SMILES string of the molecule is CC(C)(C)OC(=O)NC1CCN(c2nc(-c3cccs3)c3c(N)c(C(N)=O)sc3n2)CC1. The van der Waals surface area contributed by atoms with Gasteiger partial charge in [0.2, 0.25) is 5.95 Å². The van der Waals surface area contributed by atoms with E-state index in [0.717, 1.165) is 17.7 Å². The third-order valence-corrected chi connectivity index (χ3v) is 7.04. The highest BCUT2D eigenvalue weighted by Crippen LogP contribution is 2.40. The molecule has 2 amide bonds. The topological polar surface area (TPSA) is 136 Å². The van der Waals surface area contributed by atoms with Crippen molar-refractivity contribution >= 4 is 56.5 Å². The van der Waals surface area contributed by atoms with Gasteiger partial charge in [-0.25, -0.2) is 14.8 Å². The summed E-state index contributed by atoms with van der Waals surface area (Å²) in [6.07, 6.45) is 1.09. The van der Waals surface area contributed by atoms with Crippen molar-refractivity contribution in [1.29, 1.82) is 0 Å². The van der Waals surface area contributed by atoms with E-state index in [1.165, 1.54) is 11.3 Å². The van der Waals surface area contributed by atoms with Crippen LogP contribution in [0.2, 0.25) is 0 Å². The number of thiophene rings is 2. The van der Waals surface area contributed by atoms with Crippen LogP contribution in [-0.2, 0) is 4.74 Å². The van der Waals surface area contributed by atoms with Crippen molar-refractivity contribution < 1.29 is 14.3 Å². The molecule has 1 fully saturated rings. The second-order valence-electron chi connectivity index (χ2n) is 8.65. The number of nitrogens with two attached hydrogens (primary N) is 2. The number of ether oxygens (including phenoxy) is 1. The van der Waals surface area contributed by atoms with Crippen molar-refractivity contribution in [2.24, 2.45) is 5.73 Å². The lowest BCUT2D eigenvalue weighted by atomic mass is 10.1. The molecular formula is C21H26N6O3S2. The zero-order chi connectivity index (χ0) is 23.0. The molecule has 0 atom stereocenters. The van der Waals surface area contributed by atoms with Gasteiger partial charge in [-0.2, -0.15) is 0 Å². The van der Waals surface area contributed by atoms with Crippen molar-refractivity contribution in [2.75, 3.05) is 23.7 Å². The lowest BCUT2D eigenvalue weighted by Gasteiger charge is -2.33. The van der Waals surface area contributed by atoms with Crippen LogP contribution in [-0.4, -0.2) is 46.7 Å². The van der Waals surface area contributed by atoms with Gasteiger partial charge in [0, 0.05) is 19.1 Å². The van der Waals surface area contributed by atoms with Crippen molar-refractivity contribution in [3.8, 4) is 10.6 Å². The zero-order valence-corrected chi connectivity index (χ0v) is 19.8. The van der Waals surface area contributed by atoms with Crippen LogP contribution in [0.3, 0.4) is 0 Å². The predicted octanol–water partition coefficient (Wildman–Crippen LogP) is 3.59. The highest BCUT2D eigenvalue weighted by molar-refractivity contribution is 7.21. The third kappa shape index (κ3) is 4.63. The average molecular weight is 475 g/mol. The van der Waals surface area contributed by atoms with E-state index in [2.05, 4.69) is 10.2 Å². The van der Waals surface area contributed by atoms with E-state index < -0.39 is 17.6 Å². The first-order valence-electron chi connectivity index (χ1n) is 10.3. The van der Waals surface area contributed by atoms with Crippen molar-refractivity contribution in [3.63, 3.8) is 0 Å². The number of alkyl carbamates (subject to hydrolysis) is 1. The van der Waals surface area contributed by atoms with Crippen molar-refractivity contribution in [3.05, 3.63) is 22.4 Å². The molecule has 0 saturated carbocycles. The number of piperidine rings is 1. The molecule has 32 heavy (non-hydrogen) atoms. The van der Waals surface area contributed by atoms with Gasteiger partial charge in [0.25, 0.3) is 5.91 Å². The monoisotopic (exact) mass is 474 g/mol. The van der Waals surface area contributed by atoms with Crippen LogP contribution in [0.1, 0.15) is 43.3 Å². The van der Waals surface area contributed by atoms with Gasteiger partial charge < -0.3 is 26.4 Å². The summed E-state index contributed by atoms with van der Waals surface area (Å²) in [5.41, 5.74) is 12.3. The van der Waals surface area contributed by atoms with E-state index in [1.54, 1.807) is 11.3 Å². The first-order valence-corrected chi connectivity index (χ1v) is 12.0. The number of fused-ring (bicyclic) bond motifs is 1. The number of amides is 2. The molecule has 0 unspecified atom stereocenters. The van der Waals surface area contributed by atoms with Crippen LogP contribution in [0.4, 0.5) is 16.4 Å². The number of aromatic nitrogens is 2. The van der Waals surface area contributed by atoms with E-state index >= 15 is 0 Å². The number of anilines is 2. The number of carbonyl (C=O) groups excluding carboxylic acids is 2. The Bertz CT molecular complexity index is 1140. The summed E-state index contributed by atoms with van der Waals surface area (Å²) in [6, 6.07) is 3.94. The van der Waals surface area contributed by atoms with E-state index in [-0.39, 0.29) is 6.04 Å². The molecule has 0 radical (unpaired) electrons. The highest BCUT2D eigenvalue weighted by atomic mass is 32.1. The molecule has 3 aromatic heterocycles. The number of rotatable bonds is 4. The smallest absolute Gasteiger partial charge is 0.407 e. The summed E-state index contributed by atoms with van der Waals surface area (Å²) in [5.74, 6) is 0.00657. The Morgan fingerprint density at radius 2 is 1.97 bits per heavy atom. The van der Waals surface area contributed by atoms with Crippen LogP contribution < -0.4 is 21.7 Å². The minimum atomic E-state index is -0.571. The Kier molecular flexibility index (Phi) is 5.95. The maximum absolute atomic E-state index is 12.1. The number of carbonyl (C=O) groups is 2. The van der Waals surface area contributed by atoms with Crippen molar-refractivity contribution in [1.82, 2.24) is 15.3 Å². The van der Waals surface area contributed by atoms with Crippen LogP contribution in [0.25, 0.3) is 20.8 Å². The van der Waals surface area contributed by atoms with E-state index in [0.29, 0.717) is 45.5 Å². The fourth-order valence-electron chi connectivity index (χ4n) is 3.62. The summed E-state index contributed by atoms with van der Waals surface area (Å²) in [5, 5.41) is 5.57. The van der Waals surface area contributed by atoms with Gasteiger partial charge >= 0.3 is 6.09 Å². The van der Waals surface area contributed by atoms with Gasteiger partial charge in [0.15, 0.2) is 0 Å². The number of nitrogens with zero attached hydrogens (tertiary/aromatic N) is 3. The van der Waals surface area contributed by atoms with E-state index in [1.807, 2.05) is 38.3 Å². The van der Waals surface area contributed by atoms with E-state index in [4.69, 9.17) is 26.2 Å². The molecule has 3 aromatic rings. The average Bonchev–Trinajstić information content (AvgIpc) is 3.35. The van der Waals surface area contributed by atoms with E-state index in [9.17, 15) is 9.59 Å². The van der Waals surface area contributed by atoms with Gasteiger partial charge in [-0.05, 0) is 45.1 Å². The molecule has 170 valence electrons. The number of hydrogen-bond donors (Lipinski definition) is 3. The van der Waals surface area contributed by atoms with Crippen LogP contribution in [0, 0.1) is 0 Å². The first-order chi connectivity index (χ1) is 15.1. The minimum absolute atomic E-state index is 0.0282.